The number of carboxylic acid groups (broad SMARTS) is 1. The second kappa shape index (κ2) is 3.97. The predicted octanol–water partition coefficient (Wildman–Crippen LogP) is 1.16. The molecule has 1 aromatic rings. The van der Waals surface area contributed by atoms with Gasteiger partial charge in [-0.2, -0.15) is 0 Å². The average Bonchev–Trinajstić information content (AvgIpc) is 2.51. The SMILES string of the molecule is COCC1=CS(=O)(=O)c2ccc(C(=O)O)cc21. The van der Waals surface area contributed by atoms with Crippen molar-refractivity contribution in [1.29, 1.82) is 0 Å². The van der Waals surface area contributed by atoms with E-state index in [0.717, 1.165) is 5.41 Å². The molecule has 1 N–H and O–H groups in total. The topological polar surface area (TPSA) is 80.7 Å². The number of fused-ring (bicyclic) bond motifs is 1. The first-order valence-corrected chi connectivity index (χ1v) is 6.32. The molecule has 1 aliphatic heterocycles. The van der Waals surface area contributed by atoms with Crippen LogP contribution >= 0.6 is 0 Å². The lowest BCUT2D eigenvalue weighted by Crippen LogP contribution is -2.00. The van der Waals surface area contributed by atoms with Crippen molar-refractivity contribution in [3.63, 3.8) is 0 Å². The van der Waals surface area contributed by atoms with Gasteiger partial charge in [0.1, 0.15) is 0 Å². The van der Waals surface area contributed by atoms with Gasteiger partial charge < -0.3 is 9.84 Å². The van der Waals surface area contributed by atoms with E-state index in [-0.39, 0.29) is 17.1 Å². The van der Waals surface area contributed by atoms with Crippen molar-refractivity contribution in [2.45, 2.75) is 4.90 Å². The summed E-state index contributed by atoms with van der Waals surface area (Å²) in [5.74, 6) is -1.09. The highest BCUT2D eigenvalue weighted by Crippen LogP contribution is 2.34. The van der Waals surface area contributed by atoms with Crippen LogP contribution < -0.4 is 0 Å². The van der Waals surface area contributed by atoms with Gasteiger partial charge in [-0.1, -0.05) is 0 Å². The number of sulfone groups is 1. The summed E-state index contributed by atoms with van der Waals surface area (Å²) >= 11 is 0. The molecule has 0 aromatic heterocycles. The Morgan fingerprint density at radius 2 is 2.12 bits per heavy atom. The number of carbonyl (C=O) groups is 1. The number of hydrogen-bond acceptors (Lipinski definition) is 4. The van der Waals surface area contributed by atoms with Crippen LogP contribution in [0.1, 0.15) is 15.9 Å². The van der Waals surface area contributed by atoms with Crippen LogP contribution in [0.5, 0.6) is 0 Å². The molecule has 90 valence electrons. The minimum Gasteiger partial charge on any atom is -0.478 e. The Hall–Kier alpha value is -1.66. The van der Waals surface area contributed by atoms with Crippen LogP contribution in [-0.2, 0) is 14.6 Å². The fourth-order valence-corrected chi connectivity index (χ4v) is 3.19. The largest absolute Gasteiger partial charge is 0.478 e. The smallest absolute Gasteiger partial charge is 0.335 e. The number of ether oxygens (including phenoxy) is 1. The number of rotatable bonds is 3. The van der Waals surface area contributed by atoms with E-state index in [2.05, 4.69) is 0 Å². The van der Waals surface area contributed by atoms with Gasteiger partial charge in [0.2, 0.25) is 9.84 Å². The summed E-state index contributed by atoms with van der Waals surface area (Å²) in [4.78, 5) is 11.0. The Balaban J connectivity index is 2.62. The Kier molecular flexibility index (Phi) is 2.76. The van der Waals surface area contributed by atoms with Gasteiger partial charge in [-0.25, -0.2) is 13.2 Å². The molecule has 6 heteroatoms. The fourth-order valence-electron chi connectivity index (χ4n) is 1.74. The van der Waals surface area contributed by atoms with E-state index in [1.807, 2.05) is 0 Å². The highest BCUT2D eigenvalue weighted by Gasteiger charge is 2.27. The van der Waals surface area contributed by atoms with Gasteiger partial charge in [0.25, 0.3) is 0 Å². The standard InChI is InChI=1S/C11H10O5S/c1-16-5-8-6-17(14,15)10-3-2-7(11(12)13)4-9(8)10/h2-4,6H,5H2,1H3,(H,12,13). The zero-order chi connectivity index (χ0) is 12.6. The van der Waals surface area contributed by atoms with Crippen molar-refractivity contribution in [3.8, 4) is 0 Å². The molecule has 1 aromatic carbocycles. The van der Waals surface area contributed by atoms with Crippen molar-refractivity contribution in [1.82, 2.24) is 0 Å². The maximum atomic E-state index is 11.7. The van der Waals surface area contributed by atoms with E-state index in [4.69, 9.17) is 9.84 Å². The van der Waals surface area contributed by atoms with E-state index < -0.39 is 15.8 Å². The molecule has 0 saturated heterocycles. The lowest BCUT2D eigenvalue weighted by molar-refractivity contribution is 0.0696. The van der Waals surface area contributed by atoms with Crippen LogP contribution in [0.2, 0.25) is 0 Å². The van der Waals surface area contributed by atoms with Gasteiger partial charge in [-0.05, 0) is 23.8 Å². The first kappa shape index (κ1) is 11.8. The molecule has 17 heavy (non-hydrogen) atoms. The summed E-state index contributed by atoms with van der Waals surface area (Å²) in [6, 6.07) is 3.95. The molecule has 1 aliphatic rings. The summed E-state index contributed by atoms with van der Waals surface area (Å²) in [5.41, 5.74) is 0.945. The van der Waals surface area contributed by atoms with Gasteiger partial charge in [-0.3, -0.25) is 0 Å². The maximum Gasteiger partial charge on any atom is 0.335 e. The minimum absolute atomic E-state index is 0.0582. The van der Waals surface area contributed by atoms with Crippen molar-refractivity contribution in [3.05, 3.63) is 34.7 Å². The monoisotopic (exact) mass is 254 g/mol. The molecule has 0 spiro atoms. The first-order valence-electron chi connectivity index (χ1n) is 4.78. The molecule has 0 amide bonds. The van der Waals surface area contributed by atoms with Crippen LogP contribution in [0.25, 0.3) is 5.57 Å². The summed E-state index contributed by atoms with van der Waals surface area (Å²) < 4.78 is 28.4. The van der Waals surface area contributed by atoms with Crippen molar-refractivity contribution < 1.29 is 23.1 Å². The van der Waals surface area contributed by atoms with E-state index >= 15 is 0 Å². The van der Waals surface area contributed by atoms with Gasteiger partial charge in [0.05, 0.1) is 17.1 Å². The number of benzene rings is 1. The molecular weight excluding hydrogens is 244 g/mol. The molecule has 1 heterocycles. The van der Waals surface area contributed by atoms with Crippen LogP contribution in [0.4, 0.5) is 0 Å². The maximum absolute atomic E-state index is 11.7. The van der Waals surface area contributed by atoms with E-state index in [1.165, 1.54) is 25.3 Å². The zero-order valence-electron chi connectivity index (χ0n) is 9.00. The highest BCUT2D eigenvalue weighted by molar-refractivity contribution is 7.95. The summed E-state index contributed by atoms with van der Waals surface area (Å²) in [6.45, 7) is 0.134. The zero-order valence-corrected chi connectivity index (χ0v) is 9.82. The number of hydrogen-bond donors (Lipinski definition) is 1. The average molecular weight is 254 g/mol. The number of aromatic carboxylic acids is 1. The van der Waals surface area contributed by atoms with Gasteiger partial charge in [0, 0.05) is 18.1 Å². The Morgan fingerprint density at radius 3 is 2.71 bits per heavy atom. The molecule has 0 unspecified atom stereocenters. The number of carboxylic acids is 1. The molecule has 0 saturated carbocycles. The Morgan fingerprint density at radius 1 is 1.41 bits per heavy atom. The van der Waals surface area contributed by atoms with Crippen LogP contribution in [0.15, 0.2) is 28.5 Å². The molecular formula is C11H10O5S. The van der Waals surface area contributed by atoms with Gasteiger partial charge >= 0.3 is 5.97 Å². The second-order valence-corrected chi connectivity index (χ2v) is 5.40. The summed E-state index contributed by atoms with van der Waals surface area (Å²) in [5, 5.41) is 9.98. The van der Waals surface area contributed by atoms with Crippen molar-refractivity contribution in [2.24, 2.45) is 0 Å². The Labute approximate surface area is 98.3 Å². The molecule has 5 nitrogen and oxygen atoms in total. The third-order valence-electron chi connectivity index (χ3n) is 2.48. The highest BCUT2D eigenvalue weighted by atomic mass is 32.2. The van der Waals surface area contributed by atoms with E-state index in [0.29, 0.717) is 11.1 Å². The first-order chi connectivity index (χ1) is 7.95. The molecule has 0 atom stereocenters. The van der Waals surface area contributed by atoms with Crippen LogP contribution in [0.3, 0.4) is 0 Å². The molecule has 0 radical (unpaired) electrons. The lowest BCUT2D eigenvalue weighted by atomic mass is 10.1. The number of methoxy groups -OCH3 is 1. The fraction of sp³-hybridized carbons (Fsp3) is 0.182. The van der Waals surface area contributed by atoms with Gasteiger partial charge in [-0.15, -0.1) is 0 Å². The van der Waals surface area contributed by atoms with Crippen molar-refractivity contribution >= 4 is 21.4 Å². The lowest BCUT2D eigenvalue weighted by Gasteiger charge is -2.04. The quantitative estimate of drug-likeness (QED) is 0.875. The summed E-state index contributed by atoms with van der Waals surface area (Å²) in [6.07, 6.45) is 0. The third-order valence-corrected chi connectivity index (χ3v) is 4.04. The second-order valence-electron chi connectivity index (χ2n) is 3.64. The molecule has 2 rings (SSSR count). The van der Waals surface area contributed by atoms with Gasteiger partial charge in [0.15, 0.2) is 0 Å². The van der Waals surface area contributed by atoms with Crippen LogP contribution in [-0.4, -0.2) is 33.2 Å². The van der Waals surface area contributed by atoms with Crippen LogP contribution in [0, 0.1) is 0 Å². The predicted molar refractivity (Wildman–Crippen MR) is 60.4 cm³/mol. The minimum atomic E-state index is -3.45. The van der Waals surface area contributed by atoms with E-state index in [9.17, 15) is 13.2 Å². The molecule has 0 aliphatic carbocycles. The summed E-state index contributed by atoms with van der Waals surface area (Å²) in [7, 11) is -2.00. The Bertz CT molecular complexity index is 613. The molecule has 0 fully saturated rings. The molecule has 0 bridgehead atoms. The third kappa shape index (κ3) is 1.96. The van der Waals surface area contributed by atoms with E-state index in [1.54, 1.807) is 0 Å². The van der Waals surface area contributed by atoms with Crippen molar-refractivity contribution in [2.75, 3.05) is 13.7 Å². The normalized spacial score (nSPS) is 16.4.